The molecule has 0 amide bonds. The van der Waals surface area contributed by atoms with Gasteiger partial charge in [-0.2, -0.15) is 4.31 Å². The van der Waals surface area contributed by atoms with Gasteiger partial charge in [0.05, 0.1) is 5.56 Å². The molecule has 2 unspecified atom stereocenters. The molecule has 1 heterocycles. The molecule has 1 fully saturated rings. The summed E-state index contributed by atoms with van der Waals surface area (Å²) in [5.41, 5.74) is -0.664. The first kappa shape index (κ1) is 16.4. The number of hydrogen-bond donors (Lipinski definition) is 1. The number of aromatic carboxylic acids is 1. The lowest BCUT2D eigenvalue weighted by Crippen LogP contribution is -2.30. The Hall–Kier alpha value is -0.990. The Bertz CT molecular complexity index is 682. The number of carbonyl (C=O) groups is 1. The molecule has 0 aliphatic carbocycles. The van der Waals surface area contributed by atoms with Gasteiger partial charge in [-0.1, -0.05) is 29.8 Å². The molecule has 2 atom stereocenters. The van der Waals surface area contributed by atoms with Crippen molar-refractivity contribution in [2.75, 3.05) is 13.1 Å². The van der Waals surface area contributed by atoms with Crippen LogP contribution in [0.4, 0.5) is 4.39 Å². The van der Waals surface area contributed by atoms with Crippen molar-refractivity contribution >= 4 is 31.9 Å². The molecule has 1 aliphatic rings. The molecule has 8 heteroatoms. The highest BCUT2D eigenvalue weighted by molar-refractivity contribution is 9.10. The first-order valence-corrected chi connectivity index (χ1v) is 8.60. The van der Waals surface area contributed by atoms with Crippen LogP contribution in [0.15, 0.2) is 21.5 Å². The maximum Gasteiger partial charge on any atom is 0.338 e. The number of carboxylic acids is 1. The van der Waals surface area contributed by atoms with Gasteiger partial charge in [0.25, 0.3) is 0 Å². The van der Waals surface area contributed by atoms with Gasteiger partial charge in [0.1, 0.15) is 4.90 Å². The zero-order valence-electron chi connectivity index (χ0n) is 11.5. The number of carboxylic acid groups (broad SMARTS) is 1. The van der Waals surface area contributed by atoms with Gasteiger partial charge in [0.15, 0.2) is 5.82 Å². The van der Waals surface area contributed by atoms with Crippen LogP contribution in [0, 0.1) is 17.7 Å². The Morgan fingerprint density at radius 3 is 2.33 bits per heavy atom. The minimum Gasteiger partial charge on any atom is -0.478 e. The maximum atomic E-state index is 14.2. The highest BCUT2D eigenvalue weighted by Gasteiger charge is 2.37. The second kappa shape index (κ2) is 5.66. The zero-order valence-corrected chi connectivity index (χ0v) is 13.9. The summed E-state index contributed by atoms with van der Waals surface area (Å²) in [6.45, 7) is 4.47. The normalized spacial score (nSPS) is 23.4. The summed E-state index contributed by atoms with van der Waals surface area (Å²) in [4.78, 5) is 10.4. The van der Waals surface area contributed by atoms with E-state index in [1.54, 1.807) is 0 Å². The van der Waals surface area contributed by atoms with Crippen LogP contribution in [0.5, 0.6) is 0 Å². The Balaban J connectivity index is 2.53. The number of benzene rings is 1. The molecule has 0 aromatic heterocycles. The molecule has 1 aliphatic heterocycles. The number of hydrogen-bond acceptors (Lipinski definition) is 3. The predicted molar refractivity (Wildman–Crippen MR) is 78.1 cm³/mol. The summed E-state index contributed by atoms with van der Waals surface area (Å²) in [5.74, 6) is -2.38. The van der Waals surface area contributed by atoms with E-state index >= 15 is 0 Å². The fourth-order valence-electron chi connectivity index (χ4n) is 2.32. The molecule has 21 heavy (non-hydrogen) atoms. The highest BCUT2D eigenvalue weighted by Crippen LogP contribution is 2.31. The van der Waals surface area contributed by atoms with Crippen LogP contribution < -0.4 is 0 Å². The lowest BCUT2D eigenvalue weighted by Gasteiger charge is -2.17. The van der Waals surface area contributed by atoms with E-state index in [2.05, 4.69) is 15.9 Å². The average molecular weight is 380 g/mol. The van der Waals surface area contributed by atoms with E-state index in [0.717, 1.165) is 12.1 Å². The topological polar surface area (TPSA) is 74.7 Å². The summed E-state index contributed by atoms with van der Waals surface area (Å²) in [7, 11) is -4.05. The van der Waals surface area contributed by atoms with E-state index in [0.29, 0.717) is 13.1 Å². The van der Waals surface area contributed by atoms with Gasteiger partial charge in [-0.05, 0) is 24.0 Å². The van der Waals surface area contributed by atoms with Gasteiger partial charge in [-0.25, -0.2) is 17.6 Å². The standard InChI is InChI=1S/C13H15BrFNO4S/c1-7-5-16(6-8(7)2)21(19,20)11-4-9(14)3-10(12(11)15)13(17)18/h3-4,7-8H,5-6H2,1-2H3,(H,17,18). The van der Waals surface area contributed by atoms with Crippen molar-refractivity contribution in [2.24, 2.45) is 11.8 Å². The van der Waals surface area contributed by atoms with Crippen LogP contribution in [0.1, 0.15) is 24.2 Å². The minimum absolute atomic E-state index is 0.175. The lowest BCUT2D eigenvalue weighted by atomic mass is 10.0. The van der Waals surface area contributed by atoms with E-state index in [4.69, 9.17) is 5.11 Å². The van der Waals surface area contributed by atoms with E-state index in [1.807, 2.05) is 13.8 Å². The molecule has 1 N–H and O–H groups in total. The molecule has 1 aromatic carbocycles. The van der Waals surface area contributed by atoms with Crippen molar-refractivity contribution in [2.45, 2.75) is 18.7 Å². The monoisotopic (exact) mass is 379 g/mol. The van der Waals surface area contributed by atoms with Crippen LogP contribution in [-0.2, 0) is 10.0 Å². The van der Waals surface area contributed by atoms with Crippen molar-refractivity contribution in [1.29, 1.82) is 0 Å². The van der Waals surface area contributed by atoms with Gasteiger partial charge in [0.2, 0.25) is 10.0 Å². The van der Waals surface area contributed by atoms with Crippen molar-refractivity contribution in [3.63, 3.8) is 0 Å². The van der Waals surface area contributed by atoms with E-state index in [9.17, 15) is 17.6 Å². The number of rotatable bonds is 3. The maximum absolute atomic E-state index is 14.2. The molecule has 0 radical (unpaired) electrons. The predicted octanol–water partition coefficient (Wildman–Crippen LogP) is 2.56. The summed E-state index contributed by atoms with van der Waals surface area (Å²) in [5, 5.41) is 8.96. The summed E-state index contributed by atoms with van der Waals surface area (Å²) in [6.07, 6.45) is 0. The average Bonchev–Trinajstić information content (AvgIpc) is 2.72. The third-order valence-electron chi connectivity index (χ3n) is 3.81. The van der Waals surface area contributed by atoms with Crippen LogP contribution >= 0.6 is 15.9 Å². The van der Waals surface area contributed by atoms with Crippen molar-refractivity contribution in [3.8, 4) is 0 Å². The quantitative estimate of drug-likeness (QED) is 0.875. The highest BCUT2D eigenvalue weighted by atomic mass is 79.9. The SMILES string of the molecule is CC1CN(S(=O)(=O)c2cc(Br)cc(C(=O)O)c2F)CC1C. The molecule has 5 nitrogen and oxygen atoms in total. The van der Waals surface area contributed by atoms with E-state index in [-0.39, 0.29) is 16.3 Å². The molecule has 1 saturated heterocycles. The van der Waals surface area contributed by atoms with E-state index in [1.165, 1.54) is 4.31 Å². The summed E-state index contributed by atoms with van der Waals surface area (Å²) in [6, 6.07) is 2.15. The molecule has 2 rings (SSSR count). The van der Waals surface area contributed by atoms with Crippen LogP contribution in [0.3, 0.4) is 0 Å². The number of nitrogens with zero attached hydrogens (tertiary/aromatic N) is 1. The first-order valence-electron chi connectivity index (χ1n) is 6.37. The fourth-order valence-corrected chi connectivity index (χ4v) is 4.68. The molecule has 1 aromatic rings. The Morgan fingerprint density at radius 2 is 1.86 bits per heavy atom. The van der Waals surface area contributed by atoms with Crippen molar-refractivity contribution in [3.05, 3.63) is 28.0 Å². The lowest BCUT2D eigenvalue weighted by molar-refractivity contribution is 0.0691. The Labute approximate surface area is 130 Å². The van der Waals surface area contributed by atoms with Gasteiger partial charge in [-0.15, -0.1) is 0 Å². The molecule has 0 bridgehead atoms. The first-order chi connectivity index (χ1) is 9.64. The van der Waals surface area contributed by atoms with Gasteiger partial charge in [0, 0.05) is 17.6 Å². The minimum atomic E-state index is -4.05. The molecular formula is C13H15BrFNO4S. The van der Waals surface area contributed by atoms with Crippen LogP contribution in [0.2, 0.25) is 0 Å². The Morgan fingerprint density at radius 1 is 1.33 bits per heavy atom. The third kappa shape index (κ3) is 2.97. The number of sulfonamides is 1. The van der Waals surface area contributed by atoms with Gasteiger partial charge < -0.3 is 5.11 Å². The van der Waals surface area contributed by atoms with Gasteiger partial charge in [-0.3, -0.25) is 0 Å². The molecular weight excluding hydrogens is 365 g/mol. The second-order valence-corrected chi connectivity index (χ2v) is 8.17. The largest absolute Gasteiger partial charge is 0.478 e. The second-order valence-electron chi connectivity index (χ2n) is 5.35. The molecule has 0 spiro atoms. The van der Waals surface area contributed by atoms with Crippen molar-refractivity contribution in [1.82, 2.24) is 4.31 Å². The molecule has 116 valence electrons. The smallest absolute Gasteiger partial charge is 0.338 e. The zero-order chi connectivity index (χ0) is 15.9. The fraction of sp³-hybridized carbons (Fsp3) is 0.462. The number of halogens is 2. The summed E-state index contributed by atoms with van der Waals surface area (Å²) < 4.78 is 40.7. The third-order valence-corrected chi connectivity index (χ3v) is 6.10. The van der Waals surface area contributed by atoms with Crippen molar-refractivity contribution < 1.29 is 22.7 Å². The van der Waals surface area contributed by atoms with Crippen LogP contribution in [-0.4, -0.2) is 36.9 Å². The van der Waals surface area contributed by atoms with Crippen LogP contribution in [0.25, 0.3) is 0 Å². The van der Waals surface area contributed by atoms with E-state index < -0.39 is 32.3 Å². The van der Waals surface area contributed by atoms with Gasteiger partial charge >= 0.3 is 5.97 Å². The summed E-state index contributed by atoms with van der Waals surface area (Å²) >= 11 is 3.03. The molecule has 0 saturated carbocycles. The Kier molecular flexibility index (Phi) is 4.41.